The molecule has 0 radical (unpaired) electrons. The summed E-state index contributed by atoms with van der Waals surface area (Å²) in [4.78, 5) is 2.58. The molecule has 6 aromatic carbocycles. The van der Waals surface area contributed by atoms with Crippen molar-refractivity contribution in [3.05, 3.63) is 160 Å². The van der Waals surface area contributed by atoms with Gasteiger partial charge in [-0.2, -0.15) is 0 Å². The Morgan fingerprint density at radius 2 is 1.14 bits per heavy atom. The zero-order chi connectivity index (χ0) is 39.1. The number of hydrogen-bond acceptors (Lipinski definition) is 1. The smallest absolute Gasteiger partial charge is 0.0542 e. The minimum Gasteiger partial charge on any atom is -0.310 e. The zero-order valence-corrected chi connectivity index (χ0v) is 35.2. The Balaban J connectivity index is 1.26. The van der Waals surface area contributed by atoms with Crippen molar-refractivity contribution in [2.75, 3.05) is 4.90 Å². The van der Waals surface area contributed by atoms with Crippen LogP contribution in [0.1, 0.15) is 145 Å². The van der Waals surface area contributed by atoms with Crippen LogP contribution >= 0.6 is 0 Å². The van der Waals surface area contributed by atoms with Gasteiger partial charge >= 0.3 is 0 Å². The standard InChI is InChI=1S/C55H59N/c1-35(2)39-26-29-42(38-24-22-37(23-25-38)36-16-11-10-12-17-36)51(32-39)56(40-27-30-44-43-18-13-14-19-46(43)54(6,7)49(44)33-40)41-28-31-45-50(34-41)55(8,9)48-21-15-20-47(52(45)48)53(3,4)5/h13-15,18-36H,10-12,16-17H2,1-9H3. The Morgan fingerprint density at radius 1 is 0.554 bits per heavy atom. The van der Waals surface area contributed by atoms with Crippen LogP contribution < -0.4 is 4.90 Å². The average molecular weight is 734 g/mol. The molecule has 9 rings (SSSR count). The van der Waals surface area contributed by atoms with E-state index in [1.54, 1.807) is 0 Å². The van der Waals surface area contributed by atoms with E-state index in [1.807, 2.05) is 0 Å². The van der Waals surface area contributed by atoms with Gasteiger partial charge in [0.25, 0.3) is 0 Å². The molecule has 0 saturated heterocycles. The molecule has 3 aliphatic carbocycles. The van der Waals surface area contributed by atoms with Crippen molar-refractivity contribution in [2.45, 2.75) is 122 Å². The molecular formula is C55H59N. The van der Waals surface area contributed by atoms with Gasteiger partial charge in [-0.3, -0.25) is 0 Å². The zero-order valence-electron chi connectivity index (χ0n) is 35.2. The summed E-state index contributed by atoms with van der Waals surface area (Å²) in [6.45, 7) is 21.3. The second-order valence-corrected chi connectivity index (χ2v) is 19.5. The van der Waals surface area contributed by atoms with Gasteiger partial charge in [-0.15, -0.1) is 0 Å². The lowest BCUT2D eigenvalue weighted by Gasteiger charge is -2.32. The van der Waals surface area contributed by atoms with Crippen LogP contribution in [0.25, 0.3) is 33.4 Å². The van der Waals surface area contributed by atoms with E-state index in [-0.39, 0.29) is 16.2 Å². The largest absolute Gasteiger partial charge is 0.310 e. The molecule has 0 heterocycles. The maximum atomic E-state index is 2.58. The maximum absolute atomic E-state index is 2.58. The highest BCUT2D eigenvalue weighted by Gasteiger charge is 2.40. The molecule has 0 N–H and O–H groups in total. The van der Waals surface area contributed by atoms with Crippen molar-refractivity contribution in [3.8, 4) is 33.4 Å². The van der Waals surface area contributed by atoms with Crippen LogP contribution in [0.2, 0.25) is 0 Å². The van der Waals surface area contributed by atoms with Crippen LogP contribution in [0.5, 0.6) is 0 Å². The summed E-state index contributed by atoms with van der Waals surface area (Å²) >= 11 is 0. The van der Waals surface area contributed by atoms with Crippen molar-refractivity contribution in [2.24, 2.45) is 0 Å². The molecule has 56 heavy (non-hydrogen) atoms. The fourth-order valence-electron chi connectivity index (χ4n) is 10.5. The van der Waals surface area contributed by atoms with Crippen LogP contribution in [0.15, 0.2) is 121 Å². The van der Waals surface area contributed by atoms with E-state index in [1.165, 1.54) is 121 Å². The third kappa shape index (κ3) is 5.88. The number of benzene rings is 6. The molecular weight excluding hydrogens is 675 g/mol. The number of rotatable bonds is 6. The Labute approximate surface area is 336 Å². The Kier molecular flexibility index (Phi) is 8.77. The van der Waals surface area contributed by atoms with E-state index in [0.29, 0.717) is 11.8 Å². The van der Waals surface area contributed by atoms with E-state index in [4.69, 9.17) is 0 Å². The molecule has 3 aliphatic rings. The third-order valence-corrected chi connectivity index (χ3v) is 13.8. The van der Waals surface area contributed by atoms with Crippen molar-refractivity contribution in [3.63, 3.8) is 0 Å². The first kappa shape index (κ1) is 36.7. The van der Waals surface area contributed by atoms with Crippen LogP contribution in [0.3, 0.4) is 0 Å². The van der Waals surface area contributed by atoms with Gasteiger partial charge in [0.2, 0.25) is 0 Å². The topological polar surface area (TPSA) is 3.24 Å². The molecule has 6 aromatic rings. The van der Waals surface area contributed by atoms with E-state index >= 15 is 0 Å². The van der Waals surface area contributed by atoms with Gasteiger partial charge in [-0.05, 0) is 127 Å². The van der Waals surface area contributed by atoms with Gasteiger partial charge in [-0.1, -0.05) is 173 Å². The summed E-state index contributed by atoms with van der Waals surface area (Å²) in [7, 11) is 0. The quantitative estimate of drug-likeness (QED) is 0.165. The normalized spacial score (nSPS) is 16.7. The molecule has 0 aromatic heterocycles. The predicted octanol–water partition coefficient (Wildman–Crippen LogP) is 15.9. The summed E-state index contributed by atoms with van der Waals surface area (Å²) in [6, 6.07) is 47.5. The van der Waals surface area contributed by atoms with Gasteiger partial charge in [0.15, 0.2) is 0 Å². The van der Waals surface area contributed by atoms with Crippen LogP contribution in [0, 0.1) is 0 Å². The van der Waals surface area contributed by atoms with Gasteiger partial charge < -0.3 is 4.90 Å². The van der Waals surface area contributed by atoms with Crippen LogP contribution in [0.4, 0.5) is 17.1 Å². The monoisotopic (exact) mass is 733 g/mol. The van der Waals surface area contributed by atoms with E-state index in [0.717, 1.165) is 0 Å². The molecule has 0 atom stereocenters. The fourth-order valence-corrected chi connectivity index (χ4v) is 10.5. The summed E-state index contributed by atoms with van der Waals surface area (Å²) in [5.41, 5.74) is 21.4. The van der Waals surface area contributed by atoms with E-state index in [2.05, 4.69) is 189 Å². The Hall–Kier alpha value is -4.88. The van der Waals surface area contributed by atoms with Gasteiger partial charge in [0.05, 0.1) is 5.69 Å². The lowest BCUT2D eigenvalue weighted by atomic mass is 9.79. The molecule has 0 spiro atoms. The Bertz CT molecular complexity index is 2460. The van der Waals surface area contributed by atoms with Gasteiger partial charge in [0, 0.05) is 27.8 Å². The fraction of sp³-hybridized carbons (Fsp3) is 0.345. The molecule has 1 heteroatoms. The molecule has 0 amide bonds. The first-order valence-electron chi connectivity index (χ1n) is 21.3. The molecule has 0 bridgehead atoms. The number of fused-ring (bicyclic) bond motifs is 6. The second kappa shape index (κ2) is 13.4. The number of anilines is 3. The molecule has 1 saturated carbocycles. The highest BCUT2D eigenvalue weighted by molar-refractivity contribution is 5.93. The molecule has 1 fully saturated rings. The second-order valence-electron chi connectivity index (χ2n) is 19.5. The van der Waals surface area contributed by atoms with Crippen molar-refractivity contribution in [1.82, 2.24) is 0 Å². The summed E-state index contributed by atoms with van der Waals surface area (Å²) in [5, 5.41) is 0. The molecule has 1 nitrogen and oxygen atoms in total. The number of hydrogen-bond donors (Lipinski definition) is 0. The van der Waals surface area contributed by atoms with Gasteiger partial charge in [-0.25, -0.2) is 0 Å². The van der Waals surface area contributed by atoms with Crippen molar-refractivity contribution >= 4 is 17.1 Å². The lowest BCUT2D eigenvalue weighted by molar-refractivity contribution is 0.443. The first-order valence-corrected chi connectivity index (χ1v) is 21.3. The average Bonchev–Trinajstić information content (AvgIpc) is 3.57. The molecule has 0 unspecified atom stereocenters. The Morgan fingerprint density at radius 3 is 1.82 bits per heavy atom. The third-order valence-electron chi connectivity index (χ3n) is 13.8. The highest BCUT2D eigenvalue weighted by atomic mass is 15.1. The predicted molar refractivity (Wildman–Crippen MR) is 240 cm³/mol. The highest BCUT2D eigenvalue weighted by Crippen LogP contribution is 2.55. The van der Waals surface area contributed by atoms with Crippen LogP contribution in [-0.2, 0) is 16.2 Å². The summed E-state index contributed by atoms with van der Waals surface area (Å²) < 4.78 is 0. The van der Waals surface area contributed by atoms with Crippen molar-refractivity contribution in [1.29, 1.82) is 0 Å². The van der Waals surface area contributed by atoms with Gasteiger partial charge in [0.1, 0.15) is 0 Å². The minimum absolute atomic E-state index is 0.0429. The first-order chi connectivity index (χ1) is 26.7. The molecule has 284 valence electrons. The van der Waals surface area contributed by atoms with Crippen LogP contribution in [-0.4, -0.2) is 0 Å². The maximum Gasteiger partial charge on any atom is 0.0542 e. The minimum atomic E-state index is -0.132. The van der Waals surface area contributed by atoms with E-state index < -0.39 is 0 Å². The number of nitrogens with zero attached hydrogens (tertiary/aromatic N) is 1. The summed E-state index contributed by atoms with van der Waals surface area (Å²) in [6.07, 6.45) is 6.72. The molecule has 0 aliphatic heterocycles. The van der Waals surface area contributed by atoms with E-state index in [9.17, 15) is 0 Å². The SMILES string of the molecule is CC(C)c1ccc(-c2ccc(C3CCCCC3)cc2)c(N(c2ccc3c(c2)C(C)(C)c2ccccc2-3)c2ccc3c(c2)C(C)(C)c2cccc(C(C)(C)C)c2-3)c1. The lowest BCUT2D eigenvalue weighted by Crippen LogP contribution is -2.18. The van der Waals surface area contributed by atoms with Crippen molar-refractivity contribution < 1.29 is 0 Å². The summed E-state index contributed by atoms with van der Waals surface area (Å²) in [5.74, 6) is 1.09.